The summed E-state index contributed by atoms with van der Waals surface area (Å²) >= 11 is 6.04. The molecule has 1 saturated carbocycles. The van der Waals surface area contributed by atoms with Gasteiger partial charge in [0.05, 0.1) is 12.8 Å². The molecule has 1 aliphatic carbocycles. The Kier molecular flexibility index (Phi) is 4.81. The molecule has 6 nitrogen and oxygen atoms in total. The first-order valence-corrected chi connectivity index (χ1v) is 9.16. The molecule has 0 bridgehead atoms. The molecule has 4 rings (SSSR count). The predicted molar refractivity (Wildman–Crippen MR) is 103 cm³/mol. The Morgan fingerprint density at radius 1 is 1.26 bits per heavy atom. The normalized spacial score (nSPS) is 13.4. The van der Waals surface area contributed by atoms with Crippen LogP contribution in [0.15, 0.2) is 48.5 Å². The lowest BCUT2D eigenvalue weighted by molar-refractivity contribution is 0.0940. The molecule has 27 heavy (non-hydrogen) atoms. The number of carbonyl (C=O) groups excluding carboxylic acids is 1. The number of hydrogen-bond acceptors (Lipinski definition) is 4. The van der Waals surface area contributed by atoms with Gasteiger partial charge in [0.25, 0.3) is 5.91 Å². The molecule has 1 aliphatic rings. The smallest absolute Gasteiger partial charge is 0.291 e. The molecule has 3 aromatic rings. The van der Waals surface area contributed by atoms with Crippen molar-refractivity contribution in [1.29, 1.82) is 0 Å². The van der Waals surface area contributed by atoms with Gasteiger partial charge in [0.1, 0.15) is 11.6 Å². The summed E-state index contributed by atoms with van der Waals surface area (Å²) in [6.07, 6.45) is 2.15. The number of benzene rings is 2. The van der Waals surface area contributed by atoms with Crippen LogP contribution in [0.5, 0.6) is 5.75 Å². The van der Waals surface area contributed by atoms with Crippen molar-refractivity contribution < 1.29 is 9.53 Å². The van der Waals surface area contributed by atoms with Crippen molar-refractivity contribution in [3.05, 3.63) is 70.8 Å². The summed E-state index contributed by atoms with van der Waals surface area (Å²) < 4.78 is 7.08. The number of halogens is 1. The maximum atomic E-state index is 12.6. The SMILES string of the molecule is COc1ccc(Cl)cc1CNC(=O)c1nc(C2CC2)n(-c2ccccc2)n1. The molecule has 0 spiro atoms. The van der Waals surface area contributed by atoms with Gasteiger partial charge in [-0.15, -0.1) is 5.10 Å². The van der Waals surface area contributed by atoms with Crippen LogP contribution in [0, 0.1) is 0 Å². The van der Waals surface area contributed by atoms with E-state index in [1.807, 2.05) is 30.3 Å². The van der Waals surface area contributed by atoms with Crippen LogP contribution in [-0.4, -0.2) is 27.8 Å². The van der Waals surface area contributed by atoms with Crippen LogP contribution in [0.2, 0.25) is 5.02 Å². The first-order valence-electron chi connectivity index (χ1n) is 8.78. The third-order valence-corrected chi connectivity index (χ3v) is 4.70. The second-order valence-electron chi connectivity index (χ2n) is 6.45. The summed E-state index contributed by atoms with van der Waals surface area (Å²) in [5, 5.41) is 7.89. The molecule has 1 heterocycles. The highest BCUT2D eigenvalue weighted by Crippen LogP contribution is 2.39. The molecule has 1 N–H and O–H groups in total. The van der Waals surface area contributed by atoms with Crippen LogP contribution in [-0.2, 0) is 6.54 Å². The van der Waals surface area contributed by atoms with E-state index in [0.717, 1.165) is 29.9 Å². The minimum atomic E-state index is -0.325. The van der Waals surface area contributed by atoms with Crippen molar-refractivity contribution in [2.45, 2.75) is 25.3 Å². The van der Waals surface area contributed by atoms with E-state index in [-0.39, 0.29) is 18.3 Å². The van der Waals surface area contributed by atoms with Gasteiger partial charge >= 0.3 is 0 Å². The summed E-state index contributed by atoms with van der Waals surface area (Å²) in [5.41, 5.74) is 1.70. The molecule has 7 heteroatoms. The molecule has 0 atom stereocenters. The molecule has 138 valence electrons. The summed E-state index contributed by atoms with van der Waals surface area (Å²) in [6.45, 7) is 0.279. The summed E-state index contributed by atoms with van der Waals surface area (Å²) in [6, 6.07) is 15.0. The topological polar surface area (TPSA) is 69.0 Å². The minimum absolute atomic E-state index is 0.168. The number of para-hydroxylation sites is 1. The van der Waals surface area contributed by atoms with E-state index in [4.69, 9.17) is 16.3 Å². The Labute approximate surface area is 162 Å². The van der Waals surface area contributed by atoms with Crippen LogP contribution in [0.4, 0.5) is 0 Å². The van der Waals surface area contributed by atoms with E-state index >= 15 is 0 Å². The first-order chi connectivity index (χ1) is 13.2. The molecular weight excluding hydrogens is 364 g/mol. The number of aromatic nitrogens is 3. The van der Waals surface area contributed by atoms with Crippen molar-refractivity contribution in [3.63, 3.8) is 0 Å². The van der Waals surface area contributed by atoms with Gasteiger partial charge < -0.3 is 10.1 Å². The van der Waals surface area contributed by atoms with E-state index < -0.39 is 0 Å². The lowest BCUT2D eigenvalue weighted by atomic mass is 10.2. The van der Waals surface area contributed by atoms with E-state index in [0.29, 0.717) is 16.7 Å². The Morgan fingerprint density at radius 2 is 2.04 bits per heavy atom. The fraction of sp³-hybridized carbons (Fsp3) is 0.250. The molecule has 1 fully saturated rings. The van der Waals surface area contributed by atoms with Crippen LogP contribution in [0.25, 0.3) is 5.69 Å². The number of hydrogen-bond donors (Lipinski definition) is 1. The lowest BCUT2D eigenvalue weighted by Gasteiger charge is -2.09. The standard InChI is InChI=1S/C20H19ClN4O2/c1-27-17-10-9-15(21)11-14(17)12-22-20(26)18-23-19(13-7-8-13)25(24-18)16-5-3-2-4-6-16/h2-6,9-11,13H,7-8,12H2,1H3,(H,22,26). The maximum absolute atomic E-state index is 12.6. The van der Waals surface area contributed by atoms with Gasteiger partial charge in [-0.05, 0) is 43.2 Å². The largest absolute Gasteiger partial charge is 0.496 e. The molecule has 2 aromatic carbocycles. The number of amides is 1. The first kappa shape index (κ1) is 17.5. The highest BCUT2D eigenvalue weighted by Gasteiger charge is 2.31. The van der Waals surface area contributed by atoms with Crippen molar-refractivity contribution in [2.75, 3.05) is 7.11 Å². The van der Waals surface area contributed by atoms with Crippen molar-refractivity contribution in [2.24, 2.45) is 0 Å². The highest BCUT2D eigenvalue weighted by atomic mass is 35.5. The van der Waals surface area contributed by atoms with E-state index in [1.54, 1.807) is 30.0 Å². The van der Waals surface area contributed by atoms with Crippen LogP contribution >= 0.6 is 11.6 Å². The zero-order chi connectivity index (χ0) is 18.8. The Hall–Kier alpha value is -2.86. The predicted octanol–water partition coefficient (Wildman–Crippen LogP) is 3.74. The van der Waals surface area contributed by atoms with E-state index in [9.17, 15) is 4.79 Å². The number of methoxy groups -OCH3 is 1. The van der Waals surface area contributed by atoms with E-state index in [2.05, 4.69) is 15.4 Å². The third kappa shape index (κ3) is 3.80. The Balaban J connectivity index is 1.55. The van der Waals surface area contributed by atoms with Gasteiger partial charge in [-0.3, -0.25) is 4.79 Å². The summed E-state index contributed by atoms with van der Waals surface area (Å²) in [4.78, 5) is 17.1. The highest BCUT2D eigenvalue weighted by molar-refractivity contribution is 6.30. The van der Waals surface area contributed by atoms with Crippen LogP contribution in [0.3, 0.4) is 0 Å². The van der Waals surface area contributed by atoms with Crippen molar-refractivity contribution in [1.82, 2.24) is 20.1 Å². The second-order valence-corrected chi connectivity index (χ2v) is 6.89. The Morgan fingerprint density at radius 3 is 2.74 bits per heavy atom. The van der Waals surface area contributed by atoms with Gasteiger partial charge in [-0.1, -0.05) is 29.8 Å². The van der Waals surface area contributed by atoms with Gasteiger partial charge in [-0.25, -0.2) is 9.67 Å². The second kappa shape index (κ2) is 7.40. The minimum Gasteiger partial charge on any atom is -0.496 e. The van der Waals surface area contributed by atoms with Gasteiger partial charge in [0, 0.05) is 23.0 Å². The summed E-state index contributed by atoms with van der Waals surface area (Å²) in [7, 11) is 1.58. The number of nitrogens with one attached hydrogen (secondary N) is 1. The zero-order valence-electron chi connectivity index (χ0n) is 14.9. The molecule has 0 radical (unpaired) electrons. The average Bonchev–Trinajstić information content (AvgIpc) is 3.45. The average molecular weight is 383 g/mol. The fourth-order valence-electron chi connectivity index (χ4n) is 2.93. The third-order valence-electron chi connectivity index (χ3n) is 4.46. The molecular formula is C20H19ClN4O2. The summed E-state index contributed by atoms with van der Waals surface area (Å²) in [5.74, 6) is 1.72. The molecule has 1 aromatic heterocycles. The van der Waals surface area contributed by atoms with Crippen molar-refractivity contribution >= 4 is 17.5 Å². The Bertz CT molecular complexity index is 967. The number of rotatable bonds is 6. The van der Waals surface area contributed by atoms with Crippen LogP contribution in [0.1, 0.15) is 40.8 Å². The van der Waals surface area contributed by atoms with Crippen LogP contribution < -0.4 is 10.1 Å². The van der Waals surface area contributed by atoms with Crippen molar-refractivity contribution in [3.8, 4) is 11.4 Å². The van der Waals surface area contributed by atoms with Gasteiger partial charge in [0.2, 0.25) is 5.82 Å². The molecule has 0 aliphatic heterocycles. The van der Waals surface area contributed by atoms with Gasteiger partial charge in [0.15, 0.2) is 0 Å². The number of nitrogens with zero attached hydrogens (tertiary/aromatic N) is 3. The zero-order valence-corrected chi connectivity index (χ0v) is 15.6. The number of ether oxygens (including phenoxy) is 1. The molecule has 1 amide bonds. The van der Waals surface area contributed by atoms with E-state index in [1.165, 1.54) is 0 Å². The maximum Gasteiger partial charge on any atom is 0.291 e. The lowest BCUT2D eigenvalue weighted by Crippen LogP contribution is -2.24. The quantitative estimate of drug-likeness (QED) is 0.705. The number of carbonyl (C=O) groups is 1. The van der Waals surface area contributed by atoms with Gasteiger partial charge in [-0.2, -0.15) is 0 Å². The molecule has 0 unspecified atom stereocenters. The fourth-order valence-corrected chi connectivity index (χ4v) is 3.12. The molecule has 0 saturated heterocycles. The monoisotopic (exact) mass is 382 g/mol.